The predicted octanol–water partition coefficient (Wildman–Crippen LogP) is 3.86. The molecule has 1 rings (SSSR count). The molecule has 0 saturated heterocycles. The van der Waals surface area contributed by atoms with Gasteiger partial charge in [-0.1, -0.05) is 6.07 Å². The number of hydrogen-bond donors (Lipinski definition) is 1. The molecule has 0 saturated carbocycles. The number of benzene rings is 1. The lowest BCUT2D eigenvalue weighted by Gasteiger charge is -2.12. The lowest BCUT2D eigenvalue weighted by atomic mass is 10.2. The molecule has 0 radical (unpaired) electrons. The van der Waals surface area contributed by atoms with Crippen LogP contribution in [0, 0.1) is 0 Å². The Hall–Kier alpha value is -0.790. The SMILES string of the molecule is CCOCCCNCc1ccc(OC(F)(F)F)c(Br)c1. The van der Waals surface area contributed by atoms with Gasteiger partial charge in [-0.3, -0.25) is 0 Å². The molecule has 0 aliphatic rings. The second kappa shape index (κ2) is 8.49. The second-order valence-electron chi connectivity index (χ2n) is 4.04. The van der Waals surface area contributed by atoms with Crippen LogP contribution in [0.15, 0.2) is 22.7 Å². The van der Waals surface area contributed by atoms with E-state index in [2.05, 4.69) is 26.0 Å². The van der Waals surface area contributed by atoms with Crippen molar-refractivity contribution in [1.82, 2.24) is 5.32 Å². The van der Waals surface area contributed by atoms with Gasteiger partial charge in [-0.2, -0.15) is 0 Å². The van der Waals surface area contributed by atoms with E-state index in [1.165, 1.54) is 6.07 Å². The van der Waals surface area contributed by atoms with E-state index < -0.39 is 6.36 Å². The van der Waals surface area contributed by atoms with Gasteiger partial charge in [-0.25, -0.2) is 0 Å². The zero-order valence-electron chi connectivity index (χ0n) is 11.1. The number of ether oxygens (including phenoxy) is 2. The fourth-order valence-corrected chi connectivity index (χ4v) is 2.05. The van der Waals surface area contributed by atoms with E-state index in [1.807, 2.05) is 6.92 Å². The van der Waals surface area contributed by atoms with Crippen molar-refractivity contribution in [3.63, 3.8) is 0 Å². The third-order valence-electron chi connectivity index (χ3n) is 2.40. The van der Waals surface area contributed by atoms with Gasteiger partial charge in [0.15, 0.2) is 0 Å². The summed E-state index contributed by atoms with van der Waals surface area (Å²) in [5.41, 5.74) is 0.878. The van der Waals surface area contributed by atoms with E-state index in [9.17, 15) is 13.2 Å². The zero-order valence-corrected chi connectivity index (χ0v) is 12.7. The van der Waals surface area contributed by atoms with E-state index in [0.29, 0.717) is 19.8 Å². The normalized spacial score (nSPS) is 11.7. The first-order valence-electron chi connectivity index (χ1n) is 6.25. The van der Waals surface area contributed by atoms with E-state index in [0.717, 1.165) is 18.5 Å². The van der Waals surface area contributed by atoms with Gasteiger partial charge >= 0.3 is 6.36 Å². The molecule has 0 aliphatic carbocycles. The molecule has 0 atom stereocenters. The number of halogens is 4. The van der Waals surface area contributed by atoms with Crippen LogP contribution in [0.3, 0.4) is 0 Å². The van der Waals surface area contributed by atoms with Gasteiger partial charge in [-0.05, 0) is 53.5 Å². The van der Waals surface area contributed by atoms with Crippen LogP contribution < -0.4 is 10.1 Å². The molecule has 7 heteroatoms. The zero-order chi connectivity index (χ0) is 15.0. The summed E-state index contributed by atoms with van der Waals surface area (Å²) in [7, 11) is 0. The van der Waals surface area contributed by atoms with Crippen LogP contribution in [0.2, 0.25) is 0 Å². The molecule has 1 aromatic rings. The Morgan fingerprint density at radius 1 is 1.30 bits per heavy atom. The molecule has 0 unspecified atom stereocenters. The first-order chi connectivity index (χ1) is 9.42. The fraction of sp³-hybridized carbons (Fsp3) is 0.538. The summed E-state index contributed by atoms with van der Waals surface area (Å²) in [5, 5.41) is 3.19. The Balaban J connectivity index is 2.39. The molecular weight excluding hydrogens is 339 g/mol. The van der Waals surface area contributed by atoms with Gasteiger partial charge < -0.3 is 14.8 Å². The molecular formula is C13H17BrF3NO2. The van der Waals surface area contributed by atoms with Crippen LogP contribution in [0.25, 0.3) is 0 Å². The van der Waals surface area contributed by atoms with Crippen LogP contribution >= 0.6 is 15.9 Å². The first-order valence-corrected chi connectivity index (χ1v) is 7.04. The Kier molecular flexibility index (Phi) is 7.32. The predicted molar refractivity (Wildman–Crippen MR) is 73.6 cm³/mol. The summed E-state index contributed by atoms with van der Waals surface area (Å²) in [6, 6.07) is 4.51. The highest BCUT2D eigenvalue weighted by atomic mass is 79.9. The molecule has 20 heavy (non-hydrogen) atoms. The standard InChI is InChI=1S/C13H17BrF3NO2/c1-2-19-7-3-6-18-9-10-4-5-12(11(14)8-10)20-13(15,16)17/h4-5,8,18H,2-3,6-7,9H2,1H3. The molecule has 0 amide bonds. The van der Waals surface area contributed by atoms with Crippen LogP contribution in [0.1, 0.15) is 18.9 Å². The lowest BCUT2D eigenvalue weighted by molar-refractivity contribution is -0.274. The molecule has 3 nitrogen and oxygen atoms in total. The minimum Gasteiger partial charge on any atom is -0.405 e. The average Bonchev–Trinajstić information content (AvgIpc) is 2.35. The summed E-state index contributed by atoms with van der Waals surface area (Å²) in [5.74, 6) is -0.238. The summed E-state index contributed by atoms with van der Waals surface area (Å²) in [4.78, 5) is 0. The third kappa shape index (κ3) is 7.12. The molecule has 0 aromatic heterocycles. The highest BCUT2D eigenvalue weighted by Crippen LogP contribution is 2.30. The van der Waals surface area contributed by atoms with Crippen molar-refractivity contribution in [1.29, 1.82) is 0 Å². The molecule has 0 fully saturated rings. The fourth-order valence-electron chi connectivity index (χ4n) is 1.54. The number of alkyl halides is 3. The molecule has 1 N–H and O–H groups in total. The van der Waals surface area contributed by atoms with Crippen molar-refractivity contribution < 1.29 is 22.6 Å². The molecule has 114 valence electrons. The summed E-state index contributed by atoms with van der Waals surface area (Å²) >= 11 is 3.07. The first kappa shape index (κ1) is 17.3. The van der Waals surface area contributed by atoms with Crippen molar-refractivity contribution in [2.45, 2.75) is 26.3 Å². The Labute approximate surface area is 124 Å². The number of nitrogens with one attached hydrogen (secondary N) is 1. The maximum absolute atomic E-state index is 12.1. The van der Waals surface area contributed by atoms with Crippen molar-refractivity contribution in [3.05, 3.63) is 28.2 Å². The van der Waals surface area contributed by atoms with E-state index in [4.69, 9.17) is 4.74 Å². The van der Waals surface area contributed by atoms with Crippen LogP contribution in [-0.4, -0.2) is 26.1 Å². The quantitative estimate of drug-likeness (QED) is 0.718. The van der Waals surface area contributed by atoms with Gasteiger partial charge in [0, 0.05) is 19.8 Å². The monoisotopic (exact) mass is 355 g/mol. The van der Waals surface area contributed by atoms with Gasteiger partial charge in [0.05, 0.1) is 4.47 Å². The molecule has 0 heterocycles. The van der Waals surface area contributed by atoms with Crippen LogP contribution in [-0.2, 0) is 11.3 Å². The van der Waals surface area contributed by atoms with E-state index >= 15 is 0 Å². The van der Waals surface area contributed by atoms with E-state index in [-0.39, 0.29) is 10.2 Å². The number of hydrogen-bond acceptors (Lipinski definition) is 3. The van der Waals surface area contributed by atoms with Gasteiger partial charge in [0.25, 0.3) is 0 Å². The van der Waals surface area contributed by atoms with Crippen molar-refractivity contribution in [2.75, 3.05) is 19.8 Å². The topological polar surface area (TPSA) is 30.5 Å². The largest absolute Gasteiger partial charge is 0.573 e. The minimum atomic E-state index is -4.68. The summed E-state index contributed by atoms with van der Waals surface area (Å²) in [6.45, 7) is 4.71. The van der Waals surface area contributed by atoms with Gasteiger partial charge in [0.1, 0.15) is 5.75 Å². The van der Waals surface area contributed by atoms with Crippen molar-refractivity contribution in [2.24, 2.45) is 0 Å². The van der Waals surface area contributed by atoms with Crippen molar-refractivity contribution in [3.8, 4) is 5.75 Å². The van der Waals surface area contributed by atoms with Crippen LogP contribution in [0.4, 0.5) is 13.2 Å². The lowest BCUT2D eigenvalue weighted by Crippen LogP contribution is -2.18. The van der Waals surface area contributed by atoms with Gasteiger partial charge in [0.2, 0.25) is 0 Å². The Morgan fingerprint density at radius 3 is 2.65 bits per heavy atom. The number of rotatable bonds is 8. The van der Waals surface area contributed by atoms with Crippen LogP contribution in [0.5, 0.6) is 5.75 Å². The molecule has 1 aromatic carbocycles. The summed E-state index contributed by atoms with van der Waals surface area (Å²) in [6.07, 6.45) is -3.79. The highest BCUT2D eigenvalue weighted by Gasteiger charge is 2.31. The summed E-state index contributed by atoms with van der Waals surface area (Å²) < 4.78 is 45.7. The maximum atomic E-state index is 12.1. The second-order valence-corrected chi connectivity index (χ2v) is 4.89. The third-order valence-corrected chi connectivity index (χ3v) is 3.02. The maximum Gasteiger partial charge on any atom is 0.573 e. The molecule has 0 bridgehead atoms. The highest BCUT2D eigenvalue weighted by molar-refractivity contribution is 9.10. The van der Waals surface area contributed by atoms with E-state index in [1.54, 1.807) is 12.1 Å². The minimum absolute atomic E-state index is 0.238. The Bertz CT molecular complexity index is 413. The smallest absolute Gasteiger partial charge is 0.405 e. The average molecular weight is 356 g/mol. The molecule has 0 spiro atoms. The Morgan fingerprint density at radius 2 is 2.05 bits per heavy atom. The molecule has 0 aliphatic heterocycles. The van der Waals surface area contributed by atoms with Crippen molar-refractivity contribution >= 4 is 15.9 Å². The van der Waals surface area contributed by atoms with Gasteiger partial charge in [-0.15, -0.1) is 13.2 Å².